The first kappa shape index (κ1) is 15.6. The highest BCUT2D eigenvalue weighted by Gasteiger charge is 2.27. The minimum atomic E-state index is -0.822. The van der Waals surface area contributed by atoms with E-state index in [-0.39, 0.29) is 17.7 Å². The van der Waals surface area contributed by atoms with Gasteiger partial charge in [0.25, 0.3) is 5.91 Å². The molecule has 1 aliphatic rings. The largest absolute Gasteiger partial charge is 0.454 e. The predicted molar refractivity (Wildman–Crippen MR) is 77.9 cm³/mol. The smallest absolute Gasteiger partial charge is 0.375 e. The molecule has 1 aliphatic carbocycles. The number of furan rings is 1. The van der Waals surface area contributed by atoms with Crippen molar-refractivity contribution in [1.82, 2.24) is 5.32 Å². The minimum Gasteiger partial charge on any atom is -0.454 e. The molecule has 0 saturated heterocycles. The molecule has 1 aromatic heterocycles. The van der Waals surface area contributed by atoms with Crippen LogP contribution in [0.2, 0.25) is 0 Å². The average Bonchev–Trinajstić information content (AvgIpc) is 2.88. The van der Waals surface area contributed by atoms with E-state index in [4.69, 9.17) is 9.15 Å². The van der Waals surface area contributed by atoms with Gasteiger partial charge in [-0.3, -0.25) is 4.79 Å². The molecule has 0 radical (unpaired) electrons. The fraction of sp³-hybridized carbons (Fsp3) is 0.625. The molecule has 1 saturated carbocycles. The lowest BCUT2D eigenvalue weighted by molar-refractivity contribution is -0.130. The lowest BCUT2D eigenvalue weighted by Crippen LogP contribution is -2.45. The average molecular weight is 293 g/mol. The van der Waals surface area contributed by atoms with Gasteiger partial charge in [-0.2, -0.15) is 0 Å². The Kier molecular flexibility index (Phi) is 5.04. The summed E-state index contributed by atoms with van der Waals surface area (Å²) >= 11 is 0. The molecule has 0 bridgehead atoms. The molecule has 3 unspecified atom stereocenters. The number of hydrogen-bond acceptors (Lipinski definition) is 4. The van der Waals surface area contributed by atoms with Crippen molar-refractivity contribution in [3.05, 3.63) is 23.7 Å². The lowest BCUT2D eigenvalue weighted by atomic mass is 9.86. The number of carbonyl (C=O) groups is 2. The van der Waals surface area contributed by atoms with Crippen LogP contribution in [0.4, 0.5) is 0 Å². The van der Waals surface area contributed by atoms with Crippen LogP contribution in [0.1, 0.15) is 55.8 Å². The summed E-state index contributed by atoms with van der Waals surface area (Å²) < 4.78 is 10.3. The van der Waals surface area contributed by atoms with Crippen LogP contribution < -0.4 is 5.32 Å². The molecule has 5 nitrogen and oxygen atoms in total. The second kappa shape index (κ2) is 6.78. The molecular formula is C16H23NO4. The summed E-state index contributed by atoms with van der Waals surface area (Å²) in [6.45, 7) is 5.47. The van der Waals surface area contributed by atoms with Gasteiger partial charge in [-0.25, -0.2) is 4.79 Å². The van der Waals surface area contributed by atoms with Gasteiger partial charge in [0.2, 0.25) is 5.76 Å². The van der Waals surface area contributed by atoms with E-state index in [0.717, 1.165) is 19.3 Å². The Balaban J connectivity index is 1.86. The van der Waals surface area contributed by atoms with Crippen molar-refractivity contribution in [2.24, 2.45) is 5.92 Å². The first-order valence-electron chi connectivity index (χ1n) is 7.55. The first-order chi connectivity index (χ1) is 9.97. The quantitative estimate of drug-likeness (QED) is 0.867. The van der Waals surface area contributed by atoms with E-state index >= 15 is 0 Å². The van der Waals surface area contributed by atoms with Crippen LogP contribution in [0.5, 0.6) is 0 Å². The van der Waals surface area contributed by atoms with Crippen molar-refractivity contribution in [3.63, 3.8) is 0 Å². The standard InChI is InChI=1S/C16H23NO4/c1-10-6-4-5-7-13(10)17-15(18)12(3)21-16(19)14-9-8-11(2)20-14/h8-10,12-13H,4-7H2,1-3H3,(H,17,18). The third-order valence-electron chi connectivity index (χ3n) is 4.03. The van der Waals surface area contributed by atoms with Crippen LogP contribution in [0.15, 0.2) is 16.5 Å². The van der Waals surface area contributed by atoms with E-state index < -0.39 is 12.1 Å². The predicted octanol–water partition coefficient (Wildman–Crippen LogP) is 2.83. The third kappa shape index (κ3) is 4.09. The van der Waals surface area contributed by atoms with Gasteiger partial charge in [0.15, 0.2) is 6.10 Å². The van der Waals surface area contributed by atoms with Gasteiger partial charge >= 0.3 is 5.97 Å². The van der Waals surface area contributed by atoms with E-state index in [1.807, 2.05) is 0 Å². The van der Waals surface area contributed by atoms with Gasteiger partial charge in [-0.1, -0.05) is 19.8 Å². The Hall–Kier alpha value is -1.78. The zero-order valence-corrected chi connectivity index (χ0v) is 12.8. The summed E-state index contributed by atoms with van der Waals surface area (Å²) in [4.78, 5) is 23.9. The molecule has 0 aliphatic heterocycles. The van der Waals surface area contributed by atoms with Crippen LogP contribution in [-0.4, -0.2) is 24.0 Å². The van der Waals surface area contributed by atoms with Gasteiger partial charge in [-0.05, 0) is 44.7 Å². The van der Waals surface area contributed by atoms with Crippen molar-refractivity contribution >= 4 is 11.9 Å². The first-order valence-corrected chi connectivity index (χ1v) is 7.55. The number of nitrogens with one attached hydrogen (secondary N) is 1. The minimum absolute atomic E-state index is 0.123. The molecular weight excluding hydrogens is 270 g/mol. The molecule has 116 valence electrons. The van der Waals surface area contributed by atoms with Crippen LogP contribution in [0, 0.1) is 12.8 Å². The molecule has 2 rings (SSSR count). The summed E-state index contributed by atoms with van der Waals surface area (Å²) in [6, 6.07) is 3.41. The van der Waals surface area contributed by atoms with Crippen molar-refractivity contribution in [1.29, 1.82) is 0 Å². The van der Waals surface area contributed by atoms with Gasteiger partial charge in [0, 0.05) is 6.04 Å². The highest BCUT2D eigenvalue weighted by Crippen LogP contribution is 2.23. The summed E-state index contributed by atoms with van der Waals surface area (Å²) in [6.07, 6.45) is 3.65. The third-order valence-corrected chi connectivity index (χ3v) is 4.03. The zero-order chi connectivity index (χ0) is 15.4. The van der Waals surface area contributed by atoms with Crippen LogP contribution in [0.3, 0.4) is 0 Å². The molecule has 21 heavy (non-hydrogen) atoms. The fourth-order valence-corrected chi connectivity index (χ4v) is 2.65. The summed E-state index contributed by atoms with van der Waals surface area (Å²) in [5.74, 6) is 0.374. The molecule has 0 spiro atoms. The molecule has 1 fully saturated rings. The number of aryl methyl sites for hydroxylation is 1. The molecule has 1 heterocycles. The summed E-state index contributed by atoms with van der Waals surface area (Å²) in [7, 11) is 0. The van der Waals surface area contributed by atoms with Crippen molar-refractivity contribution in [2.75, 3.05) is 0 Å². The van der Waals surface area contributed by atoms with Crippen molar-refractivity contribution in [3.8, 4) is 0 Å². The van der Waals surface area contributed by atoms with Crippen molar-refractivity contribution < 1.29 is 18.7 Å². The number of ether oxygens (including phenoxy) is 1. The van der Waals surface area contributed by atoms with Crippen molar-refractivity contribution in [2.45, 2.75) is 58.6 Å². The second-order valence-corrected chi connectivity index (χ2v) is 5.83. The Morgan fingerprint density at radius 1 is 1.33 bits per heavy atom. The van der Waals surface area contributed by atoms with E-state index in [9.17, 15) is 9.59 Å². The number of carbonyl (C=O) groups excluding carboxylic acids is 2. The van der Waals surface area contributed by atoms with E-state index in [0.29, 0.717) is 11.7 Å². The van der Waals surface area contributed by atoms with Crippen LogP contribution in [0.25, 0.3) is 0 Å². The number of rotatable bonds is 4. The maximum absolute atomic E-state index is 12.1. The SMILES string of the molecule is Cc1ccc(C(=O)OC(C)C(=O)NC2CCCCC2C)o1. The van der Waals surface area contributed by atoms with Gasteiger partial charge in [0.05, 0.1) is 0 Å². The molecule has 1 aromatic rings. The number of hydrogen-bond donors (Lipinski definition) is 1. The Morgan fingerprint density at radius 3 is 2.67 bits per heavy atom. The second-order valence-electron chi connectivity index (χ2n) is 5.83. The van der Waals surface area contributed by atoms with E-state index in [1.54, 1.807) is 26.0 Å². The highest BCUT2D eigenvalue weighted by atomic mass is 16.6. The zero-order valence-electron chi connectivity index (χ0n) is 12.8. The van der Waals surface area contributed by atoms with Gasteiger partial charge in [-0.15, -0.1) is 0 Å². The Bertz CT molecular complexity index is 508. The van der Waals surface area contributed by atoms with Crippen LogP contribution in [-0.2, 0) is 9.53 Å². The molecule has 5 heteroatoms. The molecule has 1 N–H and O–H groups in total. The summed E-state index contributed by atoms with van der Waals surface area (Å²) in [5, 5.41) is 2.98. The maximum Gasteiger partial charge on any atom is 0.375 e. The van der Waals surface area contributed by atoms with Crippen LogP contribution >= 0.6 is 0 Å². The number of amides is 1. The maximum atomic E-state index is 12.1. The summed E-state index contributed by atoms with van der Waals surface area (Å²) in [5.41, 5.74) is 0. The van der Waals surface area contributed by atoms with E-state index in [2.05, 4.69) is 12.2 Å². The monoisotopic (exact) mass is 293 g/mol. The molecule has 1 amide bonds. The van der Waals surface area contributed by atoms with Gasteiger partial charge in [0.1, 0.15) is 5.76 Å². The van der Waals surface area contributed by atoms with Gasteiger partial charge < -0.3 is 14.5 Å². The van der Waals surface area contributed by atoms with E-state index in [1.165, 1.54) is 6.42 Å². The Morgan fingerprint density at radius 2 is 2.05 bits per heavy atom. The molecule has 3 atom stereocenters. The normalized spacial score (nSPS) is 23.4. The highest BCUT2D eigenvalue weighted by molar-refractivity contribution is 5.90. The Labute approximate surface area is 125 Å². The topological polar surface area (TPSA) is 68.5 Å². The lowest BCUT2D eigenvalue weighted by Gasteiger charge is -2.30. The molecule has 0 aromatic carbocycles. The number of esters is 1. The fourth-order valence-electron chi connectivity index (χ4n) is 2.65.